The van der Waals surface area contributed by atoms with E-state index in [-0.39, 0.29) is 16.8 Å². The molecule has 1 fully saturated rings. The summed E-state index contributed by atoms with van der Waals surface area (Å²) >= 11 is 0. The number of anilines is 1. The maximum atomic E-state index is 12.7. The van der Waals surface area contributed by atoms with E-state index in [0.717, 1.165) is 38.9 Å². The highest BCUT2D eigenvalue weighted by Gasteiger charge is 2.31. The van der Waals surface area contributed by atoms with Crippen molar-refractivity contribution in [1.29, 1.82) is 0 Å². The summed E-state index contributed by atoms with van der Waals surface area (Å²) in [7, 11) is -1.93. The van der Waals surface area contributed by atoms with E-state index >= 15 is 0 Å². The van der Waals surface area contributed by atoms with Crippen LogP contribution in [0.4, 0.5) is 5.82 Å². The molecule has 1 aromatic heterocycles. The molecule has 2 rings (SSSR count). The van der Waals surface area contributed by atoms with Crippen LogP contribution in [0.25, 0.3) is 0 Å². The van der Waals surface area contributed by atoms with Gasteiger partial charge in [-0.15, -0.1) is 0 Å². The lowest BCUT2D eigenvalue weighted by atomic mass is 10.1. The van der Waals surface area contributed by atoms with Crippen molar-refractivity contribution in [3.8, 4) is 0 Å². The lowest BCUT2D eigenvalue weighted by Crippen LogP contribution is -2.45. The van der Waals surface area contributed by atoms with Gasteiger partial charge in [0.1, 0.15) is 10.7 Å². The van der Waals surface area contributed by atoms with E-state index in [4.69, 9.17) is 5.73 Å². The summed E-state index contributed by atoms with van der Waals surface area (Å²) in [6.07, 6.45) is 4.34. The van der Waals surface area contributed by atoms with Crippen LogP contribution < -0.4 is 5.73 Å². The van der Waals surface area contributed by atoms with E-state index < -0.39 is 10.0 Å². The number of likely N-dealkylation sites (tertiary alicyclic amines) is 1. The van der Waals surface area contributed by atoms with Crippen molar-refractivity contribution in [1.82, 2.24) is 14.2 Å². The first kappa shape index (κ1) is 16.2. The van der Waals surface area contributed by atoms with Gasteiger partial charge in [0.15, 0.2) is 0 Å². The van der Waals surface area contributed by atoms with Crippen LogP contribution in [-0.4, -0.2) is 55.3 Å². The third kappa shape index (κ3) is 3.53. The summed E-state index contributed by atoms with van der Waals surface area (Å²) in [5.74, 6) is 0.0627. The van der Waals surface area contributed by atoms with Crippen molar-refractivity contribution in [3.63, 3.8) is 0 Å². The molecule has 118 valence electrons. The lowest BCUT2D eigenvalue weighted by molar-refractivity contribution is 0.170. The molecule has 0 aromatic carbocycles. The molecule has 7 heteroatoms. The third-order valence-electron chi connectivity index (χ3n) is 4.07. The molecular formula is C14H24N4O2S. The summed E-state index contributed by atoms with van der Waals surface area (Å²) in [6.45, 7) is 5.13. The standard InChI is InChI=1S/C14H24N4O2S/c1-3-9-18-10-6-12(7-11-18)17(2)21(19,20)13-5-4-8-16-14(13)15/h4-5,8,12H,3,6-7,9-11H2,1-2H3,(H2,15,16). The number of piperidine rings is 1. The summed E-state index contributed by atoms with van der Waals surface area (Å²) < 4.78 is 26.8. The van der Waals surface area contributed by atoms with Gasteiger partial charge in [0.05, 0.1) is 0 Å². The number of hydrogen-bond acceptors (Lipinski definition) is 5. The highest BCUT2D eigenvalue weighted by Crippen LogP contribution is 2.25. The molecule has 0 amide bonds. The highest BCUT2D eigenvalue weighted by molar-refractivity contribution is 7.89. The molecule has 6 nitrogen and oxygen atoms in total. The van der Waals surface area contributed by atoms with Gasteiger partial charge in [-0.3, -0.25) is 0 Å². The average molecular weight is 312 g/mol. The minimum absolute atomic E-state index is 0.0303. The van der Waals surface area contributed by atoms with Crippen molar-refractivity contribution < 1.29 is 8.42 Å². The van der Waals surface area contributed by atoms with Crippen molar-refractivity contribution in [2.45, 2.75) is 37.1 Å². The van der Waals surface area contributed by atoms with Crippen molar-refractivity contribution in [2.75, 3.05) is 32.4 Å². The highest BCUT2D eigenvalue weighted by atomic mass is 32.2. The van der Waals surface area contributed by atoms with Gasteiger partial charge in [-0.05, 0) is 51.0 Å². The zero-order valence-corrected chi connectivity index (χ0v) is 13.5. The Balaban J connectivity index is 2.10. The van der Waals surface area contributed by atoms with Crippen molar-refractivity contribution >= 4 is 15.8 Å². The fourth-order valence-electron chi connectivity index (χ4n) is 2.80. The van der Waals surface area contributed by atoms with Gasteiger partial charge in [0, 0.05) is 19.3 Å². The van der Waals surface area contributed by atoms with Crippen molar-refractivity contribution in [2.24, 2.45) is 0 Å². The van der Waals surface area contributed by atoms with Gasteiger partial charge < -0.3 is 10.6 Å². The number of sulfonamides is 1. The minimum atomic E-state index is -3.57. The Morgan fingerprint density at radius 2 is 2.10 bits per heavy atom. The first-order chi connectivity index (χ1) is 9.96. The van der Waals surface area contributed by atoms with E-state index in [2.05, 4.69) is 16.8 Å². The molecule has 2 heterocycles. The zero-order chi connectivity index (χ0) is 15.5. The Kier molecular flexibility index (Phi) is 5.18. The topological polar surface area (TPSA) is 79.5 Å². The molecule has 1 aliphatic rings. The normalized spacial score (nSPS) is 18.2. The van der Waals surface area contributed by atoms with Crippen LogP contribution in [0, 0.1) is 0 Å². The second-order valence-corrected chi connectivity index (χ2v) is 7.45. The summed E-state index contributed by atoms with van der Waals surface area (Å²) in [4.78, 5) is 6.36. The molecule has 0 atom stereocenters. The number of rotatable bonds is 5. The third-order valence-corrected chi connectivity index (χ3v) is 6.03. The summed E-state index contributed by atoms with van der Waals surface area (Å²) in [6, 6.07) is 3.14. The molecule has 1 aliphatic heterocycles. The van der Waals surface area contributed by atoms with Crippen molar-refractivity contribution in [3.05, 3.63) is 18.3 Å². The fourth-order valence-corrected chi connectivity index (χ4v) is 4.28. The van der Waals surface area contributed by atoms with Gasteiger partial charge >= 0.3 is 0 Å². The van der Waals surface area contributed by atoms with Crippen LogP contribution in [-0.2, 0) is 10.0 Å². The molecule has 1 saturated heterocycles. The molecule has 0 unspecified atom stereocenters. The van der Waals surface area contributed by atoms with Crippen LogP contribution in [0.2, 0.25) is 0 Å². The molecule has 0 radical (unpaired) electrons. The Bertz CT molecular complexity index is 568. The number of hydrogen-bond donors (Lipinski definition) is 1. The second kappa shape index (κ2) is 6.72. The van der Waals surface area contributed by atoms with E-state index in [1.54, 1.807) is 13.1 Å². The first-order valence-corrected chi connectivity index (χ1v) is 8.81. The predicted molar refractivity (Wildman–Crippen MR) is 83.4 cm³/mol. The lowest BCUT2D eigenvalue weighted by Gasteiger charge is -2.36. The Hall–Kier alpha value is -1.18. The van der Waals surface area contributed by atoms with Gasteiger partial charge in [-0.1, -0.05) is 6.92 Å². The predicted octanol–water partition coefficient (Wildman–Crippen LogP) is 1.16. The molecule has 0 aliphatic carbocycles. The zero-order valence-electron chi connectivity index (χ0n) is 12.7. The first-order valence-electron chi connectivity index (χ1n) is 7.37. The SMILES string of the molecule is CCCN1CCC(N(C)S(=O)(=O)c2cccnc2N)CC1. The number of pyridine rings is 1. The molecule has 1 aromatic rings. The quantitative estimate of drug-likeness (QED) is 0.882. The Morgan fingerprint density at radius 3 is 2.67 bits per heavy atom. The van der Waals surface area contributed by atoms with Crippen LogP contribution in [0.15, 0.2) is 23.2 Å². The molecule has 21 heavy (non-hydrogen) atoms. The molecular weight excluding hydrogens is 288 g/mol. The maximum absolute atomic E-state index is 12.7. The van der Waals surface area contributed by atoms with Gasteiger partial charge in [0.2, 0.25) is 10.0 Å². The molecule has 2 N–H and O–H groups in total. The average Bonchev–Trinajstić information content (AvgIpc) is 2.48. The van der Waals surface area contributed by atoms with Crippen LogP contribution in [0.5, 0.6) is 0 Å². The van der Waals surface area contributed by atoms with E-state index in [1.807, 2.05) is 0 Å². The number of nitrogens with zero attached hydrogens (tertiary/aromatic N) is 3. The fraction of sp³-hybridized carbons (Fsp3) is 0.643. The number of aromatic nitrogens is 1. The van der Waals surface area contributed by atoms with Gasteiger partial charge in [-0.25, -0.2) is 13.4 Å². The summed E-state index contributed by atoms with van der Waals surface area (Å²) in [5.41, 5.74) is 5.71. The van der Waals surface area contributed by atoms with Gasteiger partial charge in [0.25, 0.3) is 0 Å². The maximum Gasteiger partial charge on any atom is 0.246 e. The van der Waals surface area contributed by atoms with E-state index in [0.29, 0.717) is 0 Å². The number of nitrogen functional groups attached to an aromatic ring is 1. The molecule has 0 saturated carbocycles. The monoisotopic (exact) mass is 312 g/mol. The molecule has 0 spiro atoms. The second-order valence-electron chi connectivity index (χ2n) is 5.48. The van der Waals surface area contributed by atoms with Crippen LogP contribution in [0.1, 0.15) is 26.2 Å². The Labute approximate surface area is 127 Å². The summed E-state index contributed by atoms with van der Waals surface area (Å²) in [5, 5.41) is 0. The van der Waals surface area contributed by atoms with Crippen LogP contribution >= 0.6 is 0 Å². The Morgan fingerprint density at radius 1 is 1.43 bits per heavy atom. The van der Waals surface area contributed by atoms with E-state index in [9.17, 15) is 8.42 Å². The largest absolute Gasteiger partial charge is 0.383 e. The van der Waals surface area contributed by atoms with E-state index in [1.165, 1.54) is 16.6 Å². The minimum Gasteiger partial charge on any atom is -0.383 e. The van der Waals surface area contributed by atoms with Crippen LogP contribution in [0.3, 0.4) is 0 Å². The smallest absolute Gasteiger partial charge is 0.246 e. The molecule has 0 bridgehead atoms. The van der Waals surface area contributed by atoms with Gasteiger partial charge in [-0.2, -0.15) is 4.31 Å². The number of nitrogens with two attached hydrogens (primary N) is 1.